The molecule has 12 aromatic rings. The van der Waals surface area contributed by atoms with Gasteiger partial charge in [0.1, 0.15) is 0 Å². The lowest BCUT2D eigenvalue weighted by Gasteiger charge is -2.29. The van der Waals surface area contributed by atoms with Crippen LogP contribution < -0.4 is 4.90 Å². The van der Waals surface area contributed by atoms with Gasteiger partial charge in [0.25, 0.3) is 0 Å². The minimum absolute atomic E-state index is 1.10. The van der Waals surface area contributed by atoms with Gasteiger partial charge in [-0.25, -0.2) is 0 Å². The Balaban J connectivity index is 1.07. The molecule has 3 heteroatoms. The summed E-state index contributed by atoms with van der Waals surface area (Å²) in [5, 5.41) is 7.60. The van der Waals surface area contributed by atoms with Gasteiger partial charge in [-0.1, -0.05) is 170 Å². The van der Waals surface area contributed by atoms with Crippen molar-refractivity contribution < 1.29 is 0 Å². The Bertz CT molecular complexity index is 3540. The smallest absolute Gasteiger partial charge is 0.0541 e. The average molecular weight is 795 g/mol. The molecule has 0 aliphatic rings. The molecule has 0 N–H and O–H groups in total. The molecule has 0 atom stereocenters. The minimum Gasteiger partial charge on any atom is -0.310 e. The van der Waals surface area contributed by atoms with Gasteiger partial charge in [-0.15, -0.1) is 11.3 Å². The molecular formula is C58H38N2S. The standard InChI is InChI=1S/C58H38N2S/c1-2-15-40(16-3-1)52-37-42(47-20-6-10-25-53(47)60-54-26-11-7-21-48(54)49-22-8-12-27-55(49)60)31-36-56(52)59(44-34-35-51-50-23-9-13-28-57(50)61-58(51)38-44)43-32-29-41(30-33-43)46-24-14-18-39-17-4-5-19-45(39)46/h1-38H. The average Bonchev–Trinajstić information content (AvgIpc) is 3.87. The van der Waals surface area contributed by atoms with Crippen molar-refractivity contribution >= 4 is 81.1 Å². The summed E-state index contributed by atoms with van der Waals surface area (Å²) in [7, 11) is 0. The molecule has 0 saturated carbocycles. The van der Waals surface area contributed by atoms with Gasteiger partial charge in [0.15, 0.2) is 0 Å². The lowest BCUT2D eigenvalue weighted by atomic mass is 9.95. The Morgan fingerprint density at radius 2 is 0.902 bits per heavy atom. The molecule has 0 unspecified atom stereocenters. The van der Waals surface area contributed by atoms with E-state index < -0.39 is 0 Å². The van der Waals surface area contributed by atoms with Gasteiger partial charge < -0.3 is 9.47 Å². The molecule has 2 aromatic heterocycles. The summed E-state index contributed by atoms with van der Waals surface area (Å²) < 4.78 is 5.01. The highest BCUT2D eigenvalue weighted by molar-refractivity contribution is 7.25. The van der Waals surface area contributed by atoms with Crippen molar-refractivity contribution in [1.82, 2.24) is 4.57 Å². The Hall–Kier alpha value is -7.72. The molecule has 61 heavy (non-hydrogen) atoms. The van der Waals surface area contributed by atoms with E-state index in [-0.39, 0.29) is 0 Å². The Morgan fingerprint density at radius 3 is 1.70 bits per heavy atom. The quantitative estimate of drug-likeness (QED) is 0.156. The first-order valence-corrected chi connectivity index (χ1v) is 21.7. The van der Waals surface area contributed by atoms with E-state index in [9.17, 15) is 0 Å². The van der Waals surface area contributed by atoms with Crippen LogP contribution >= 0.6 is 11.3 Å². The number of para-hydroxylation sites is 3. The molecule has 0 radical (unpaired) electrons. The van der Waals surface area contributed by atoms with Crippen molar-refractivity contribution in [2.45, 2.75) is 0 Å². The van der Waals surface area contributed by atoms with Gasteiger partial charge in [0, 0.05) is 53.4 Å². The summed E-state index contributed by atoms with van der Waals surface area (Å²) >= 11 is 1.86. The van der Waals surface area contributed by atoms with Crippen LogP contribution in [0.2, 0.25) is 0 Å². The van der Waals surface area contributed by atoms with Crippen LogP contribution in [0.5, 0.6) is 0 Å². The van der Waals surface area contributed by atoms with Crippen molar-refractivity contribution in [2.75, 3.05) is 4.90 Å². The van der Waals surface area contributed by atoms with Crippen LogP contribution in [0.4, 0.5) is 17.1 Å². The maximum absolute atomic E-state index is 2.45. The van der Waals surface area contributed by atoms with Gasteiger partial charge in [-0.05, 0) is 93.7 Å². The number of rotatable bonds is 7. The SMILES string of the molecule is c1ccc(-c2cc(-c3ccccc3-n3c4ccccc4c4ccccc43)ccc2N(c2ccc(-c3cccc4ccccc34)cc2)c2ccc3c(c2)sc2ccccc23)cc1. The van der Waals surface area contributed by atoms with Crippen LogP contribution in [-0.2, 0) is 0 Å². The zero-order valence-electron chi connectivity index (χ0n) is 33.2. The highest BCUT2D eigenvalue weighted by atomic mass is 32.1. The molecule has 0 aliphatic carbocycles. The molecule has 0 spiro atoms. The summed E-state index contributed by atoms with van der Waals surface area (Å²) in [4.78, 5) is 2.45. The van der Waals surface area contributed by atoms with Crippen LogP contribution in [0.15, 0.2) is 231 Å². The Kier molecular flexibility index (Phi) is 8.39. The number of benzene rings is 10. The molecule has 0 fully saturated rings. The van der Waals surface area contributed by atoms with Gasteiger partial charge in [-0.2, -0.15) is 0 Å². The van der Waals surface area contributed by atoms with Gasteiger partial charge in [0.05, 0.1) is 22.4 Å². The van der Waals surface area contributed by atoms with Crippen molar-refractivity contribution in [1.29, 1.82) is 0 Å². The van der Waals surface area contributed by atoms with E-state index in [0.717, 1.165) is 39.4 Å². The van der Waals surface area contributed by atoms with E-state index in [2.05, 4.69) is 240 Å². The third-order valence-corrected chi connectivity index (χ3v) is 13.3. The maximum Gasteiger partial charge on any atom is 0.0541 e. The summed E-state index contributed by atoms with van der Waals surface area (Å²) in [5.41, 5.74) is 14.0. The topological polar surface area (TPSA) is 8.17 Å². The van der Waals surface area contributed by atoms with Crippen LogP contribution in [0.1, 0.15) is 0 Å². The third-order valence-electron chi connectivity index (χ3n) is 12.2. The van der Waals surface area contributed by atoms with Crippen LogP contribution in [0.3, 0.4) is 0 Å². The summed E-state index contributed by atoms with van der Waals surface area (Å²) in [6.45, 7) is 0. The third kappa shape index (κ3) is 5.93. The fourth-order valence-corrected chi connectivity index (χ4v) is 10.5. The molecule has 12 rings (SSSR count). The number of hydrogen-bond acceptors (Lipinski definition) is 2. The monoisotopic (exact) mass is 794 g/mol. The van der Waals surface area contributed by atoms with E-state index >= 15 is 0 Å². The molecule has 0 aliphatic heterocycles. The van der Waals surface area contributed by atoms with E-state index in [1.165, 1.54) is 69.4 Å². The zero-order valence-corrected chi connectivity index (χ0v) is 34.1. The first-order chi connectivity index (χ1) is 30.3. The van der Waals surface area contributed by atoms with Crippen LogP contribution in [0.25, 0.3) is 91.8 Å². The number of thiophene rings is 1. The normalized spacial score (nSPS) is 11.6. The van der Waals surface area contributed by atoms with Crippen molar-refractivity contribution in [2.24, 2.45) is 0 Å². The second-order valence-corrected chi connectivity index (χ2v) is 16.8. The summed E-state index contributed by atoms with van der Waals surface area (Å²) in [6, 6.07) is 84.3. The predicted octanol–water partition coefficient (Wildman–Crippen LogP) is 16.8. The maximum atomic E-state index is 2.45. The zero-order chi connectivity index (χ0) is 40.3. The van der Waals surface area contributed by atoms with E-state index in [4.69, 9.17) is 0 Å². The molecule has 286 valence electrons. The van der Waals surface area contributed by atoms with Crippen molar-refractivity contribution in [3.8, 4) is 39.1 Å². The van der Waals surface area contributed by atoms with Crippen molar-refractivity contribution in [3.63, 3.8) is 0 Å². The van der Waals surface area contributed by atoms with Gasteiger partial charge in [-0.3, -0.25) is 0 Å². The first kappa shape index (κ1) is 35.2. The largest absolute Gasteiger partial charge is 0.310 e. The lowest BCUT2D eigenvalue weighted by Crippen LogP contribution is -2.11. The fourth-order valence-electron chi connectivity index (χ4n) is 9.39. The van der Waals surface area contributed by atoms with Crippen molar-refractivity contribution in [3.05, 3.63) is 231 Å². The molecule has 2 nitrogen and oxygen atoms in total. The number of anilines is 3. The van der Waals surface area contributed by atoms with Crippen LogP contribution in [-0.4, -0.2) is 4.57 Å². The molecule has 2 heterocycles. The van der Waals surface area contributed by atoms with E-state index in [0.29, 0.717) is 0 Å². The van der Waals surface area contributed by atoms with Gasteiger partial charge >= 0.3 is 0 Å². The number of fused-ring (bicyclic) bond motifs is 7. The number of aromatic nitrogens is 1. The number of hydrogen-bond donors (Lipinski definition) is 0. The molecule has 10 aromatic carbocycles. The lowest BCUT2D eigenvalue weighted by molar-refractivity contribution is 1.18. The van der Waals surface area contributed by atoms with E-state index in [1.54, 1.807) is 0 Å². The summed E-state index contributed by atoms with van der Waals surface area (Å²) in [5.74, 6) is 0. The Labute approximate surface area is 358 Å². The second kappa shape index (κ2) is 14.5. The molecule has 0 saturated heterocycles. The first-order valence-electron chi connectivity index (χ1n) is 20.8. The fraction of sp³-hybridized carbons (Fsp3) is 0. The minimum atomic E-state index is 1.10. The predicted molar refractivity (Wildman–Crippen MR) is 262 cm³/mol. The molecular weight excluding hydrogens is 757 g/mol. The Morgan fingerprint density at radius 1 is 0.328 bits per heavy atom. The molecule has 0 bridgehead atoms. The molecule has 0 amide bonds. The highest BCUT2D eigenvalue weighted by Gasteiger charge is 2.22. The van der Waals surface area contributed by atoms with E-state index in [1.807, 2.05) is 11.3 Å². The summed E-state index contributed by atoms with van der Waals surface area (Å²) in [6.07, 6.45) is 0. The van der Waals surface area contributed by atoms with Crippen LogP contribution in [0, 0.1) is 0 Å². The number of nitrogens with zero attached hydrogens (tertiary/aromatic N) is 2. The second-order valence-electron chi connectivity index (χ2n) is 15.7. The highest BCUT2D eigenvalue weighted by Crippen LogP contribution is 2.46. The van der Waals surface area contributed by atoms with Gasteiger partial charge in [0.2, 0.25) is 0 Å².